The van der Waals surface area contributed by atoms with Gasteiger partial charge in [-0.3, -0.25) is 9.59 Å². The molecule has 2 aromatic carbocycles. The molecule has 0 radical (unpaired) electrons. The van der Waals surface area contributed by atoms with Gasteiger partial charge in [-0.1, -0.05) is 38.1 Å². The Bertz CT molecular complexity index is 1260. The van der Waals surface area contributed by atoms with E-state index in [0.29, 0.717) is 16.2 Å². The zero-order valence-electron chi connectivity index (χ0n) is 17.4. The fraction of sp³-hybridized carbons (Fsp3) is 0.250. The number of nitrogens with one attached hydrogen (secondary N) is 1. The lowest BCUT2D eigenvalue weighted by atomic mass is 9.82. The first kappa shape index (κ1) is 19.8. The number of aryl methyl sites for hydroxylation is 1. The molecule has 2 heterocycles. The van der Waals surface area contributed by atoms with Gasteiger partial charge in [0.05, 0.1) is 10.4 Å². The van der Waals surface area contributed by atoms with Crippen LogP contribution < -0.4 is 15.8 Å². The molecule has 2 aliphatic rings. The van der Waals surface area contributed by atoms with Gasteiger partial charge >= 0.3 is 0 Å². The van der Waals surface area contributed by atoms with Crippen molar-refractivity contribution < 1.29 is 19.4 Å². The van der Waals surface area contributed by atoms with Crippen LogP contribution in [0.15, 0.2) is 48.5 Å². The highest BCUT2D eigenvalue weighted by Gasteiger charge is 2.72. The third-order valence-electron chi connectivity index (χ3n) is 6.14. The monoisotopic (exact) mass is 434 g/mol. The van der Waals surface area contributed by atoms with Crippen molar-refractivity contribution in [3.05, 3.63) is 80.5 Å². The van der Waals surface area contributed by atoms with E-state index in [1.54, 1.807) is 30.3 Å². The van der Waals surface area contributed by atoms with Gasteiger partial charge in [-0.25, -0.2) is 0 Å². The van der Waals surface area contributed by atoms with Crippen molar-refractivity contribution in [2.24, 2.45) is 0 Å². The Kier molecular flexibility index (Phi) is 4.10. The molecule has 1 aliphatic heterocycles. The summed E-state index contributed by atoms with van der Waals surface area (Å²) in [6.07, 6.45) is 0. The molecule has 5 rings (SSSR count). The third kappa shape index (κ3) is 2.47. The van der Waals surface area contributed by atoms with Gasteiger partial charge in [-0.2, -0.15) is 0 Å². The van der Waals surface area contributed by atoms with Crippen molar-refractivity contribution in [1.82, 2.24) is 5.32 Å². The molecule has 1 aliphatic carbocycles. The predicted molar refractivity (Wildman–Crippen MR) is 118 cm³/mol. The molecule has 1 aromatic heterocycles. The van der Waals surface area contributed by atoms with E-state index in [4.69, 9.17) is 10.5 Å². The van der Waals surface area contributed by atoms with Crippen LogP contribution in [-0.2, 0) is 11.3 Å². The van der Waals surface area contributed by atoms with Crippen LogP contribution in [0.1, 0.15) is 61.4 Å². The largest absolute Gasteiger partial charge is 0.454 e. The molecule has 0 fully saturated rings. The number of hydrogen-bond acceptors (Lipinski definition) is 6. The summed E-state index contributed by atoms with van der Waals surface area (Å²) in [6, 6.07) is 13.9. The number of benzene rings is 2. The van der Waals surface area contributed by atoms with Crippen molar-refractivity contribution in [2.45, 2.75) is 38.0 Å². The van der Waals surface area contributed by atoms with Crippen LogP contribution in [0.2, 0.25) is 0 Å². The van der Waals surface area contributed by atoms with Crippen molar-refractivity contribution in [2.75, 3.05) is 5.73 Å². The first-order valence-electron chi connectivity index (χ1n) is 10.1. The summed E-state index contributed by atoms with van der Waals surface area (Å²) < 4.78 is 6.07. The number of thiophene rings is 1. The molecule has 2 unspecified atom stereocenters. The maximum Gasteiger partial charge on any atom is 0.271 e. The lowest BCUT2D eigenvalue weighted by molar-refractivity contribution is -0.169. The quantitative estimate of drug-likeness (QED) is 0.544. The zero-order chi connectivity index (χ0) is 22.1. The first-order valence-corrected chi connectivity index (χ1v) is 10.9. The van der Waals surface area contributed by atoms with Crippen LogP contribution in [0.5, 0.6) is 5.75 Å². The second-order valence-corrected chi connectivity index (χ2v) is 9.66. The second-order valence-electron chi connectivity index (χ2n) is 8.37. The molecule has 0 saturated carbocycles. The van der Waals surface area contributed by atoms with Crippen LogP contribution in [0.4, 0.5) is 5.69 Å². The van der Waals surface area contributed by atoms with Crippen LogP contribution in [-0.4, -0.2) is 16.8 Å². The summed E-state index contributed by atoms with van der Waals surface area (Å²) >= 11 is 1.31. The number of anilines is 1. The van der Waals surface area contributed by atoms with E-state index in [0.717, 1.165) is 10.4 Å². The average Bonchev–Trinajstić information content (AvgIpc) is 3.32. The molecule has 6 nitrogen and oxygen atoms in total. The van der Waals surface area contributed by atoms with E-state index < -0.39 is 23.0 Å². The Morgan fingerprint density at radius 3 is 2.61 bits per heavy atom. The van der Waals surface area contributed by atoms with Gasteiger partial charge in [-0.05, 0) is 42.7 Å². The molecular formula is C24H22N2O4S. The van der Waals surface area contributed by atoms with E-state index in [-0.39, 0.29) is 22.7 Å². The summed E-state index contributed by atoms with van der Waals surface area (Å²) in [7, 11) is 0. The number of nitrogen functional groups attached to an aromatic ring is 1. The van der Waals surface area contributed by atoms with E-state index >= 15 is 0 Å². The summed E-state index contributed by atoms with van der Waals surface area (Å²) in [5.74, 6) is -2.45. The number of aliphatic hydroxyl groups is 1. The number of rotatable bonds is 3. The number of fused-ring (bicyclic) bond motifs is 5. The molecule has 4 N–H and O–H groups in total. The maximum atomic E-state index is 13.8. The van der Waals surface area contributed by atoms with Crippen LogP contribution >= 0.6 is 11.3 Å². The molecular weight excluding hydrogens is 412 g/mol. The molecule has 158 valence electrons. The lowest BCUT2D eigenvalue weighted by Crippen LogP contribution is -2.60. The number of amides is 1. The molecule has 7 heteroatoms. The number of Topliss-reactive ketones (excluding diaryl/α,β-unsaturated/α-hetero) is 1. The van der Waals surface area contributed by atoms with Gasteiger partial charge in [0.25, 0.3) is 11.7 Å². The summed E-state index contributed by atoms with van der Waals surface area (Å²) in [5, 5.41) is 14.7. The van der Waals surface area contributed by atoms with E-state index in [1.807, 2.05) is 39.0 Å². The van der Waals surface area contributed by atoms with Gasteiger partial charge in [0.15, 0.2) is 0 Å². The van der Waals surface area contributed by atoms with E-state index in [9.17, 15) is 14.7 Å². The Morgan fingerprint density at radius 1 is 1.16 bits per heavy atom. The maximum absolute atomic E-state index is 13.8. The number of nitrogens with two attached hydrogens (primary N) is 1. The van der Waals surface area contributed by atoms with Gasteiger partial charge in [0.2, 0.25) is 11.3 Å². The van der Waals surface area contributed by atoms with Gasteiger partial charge in [-0.15, -0.1) is 11.3 Å². The molecule has 0 bridgehead atoms. The third-order valence-corrected chi connectivity index (χ3v) is 7.14. The summed E-state index contributed by atoms with van der Waals surface area (Å²) in [5.41, 5.74) is 6.36. The second kappa shape index (κ2) is 6.42. The highest BCUT2D eigenvalue weighted by Crippen LogP contribution is 2.59. The minimum absolute atomic E-state index is 0.172. The van der Waals surface area contributed by atoms with Crippen molar-refractivity contribution >= 4 is 28.7 Å². The molecule has 1 amide bonds. The summed E-state index contributed by atoms with van der Waals surface area (Å²) in [4.78, 5) is 28.5. The summed E-state index contributed by atoms with van der Waals surface area (Å²) in [6.45, 7) is 5.99. The fourth-order valence-corrected chi connectivity index (χ4v) is 5.30. The Labute approximate surface area is 183 Å². The Morgan fingerprint density at radius 2 is 1.94 bits per heavy atom. The Hall–Kier alpha value is -3.16. The lowest BCUT2D eigenvalue weighted by Gasteiger charge is -2.34. The fourth-order valence-electron chi connectivity index (χ4n) is 4.53. The number of ketones is 1. The minimum atomic E-state index is -2.10. The van der Waals surface area contributed by atoms with Gasteiger partial charge in [0.1, 0.15) is 5.75 Å². The van der Waals surface area contributed by atoms with E-state index in [2.05, 4.69) is 5.32 Å². The van der Waals surface area contributed by atoms with Gasteiger partial charge in [0, 0.05) is 21.7 Å². The van der Waals surface area contributed by atoms with Crippen LogP contribution in [0, 0.1) is 6.92 Å². The normalized spacial score (nSPS) is 23.3. The molecule has 3 aromatic rings. The average molecular weight is 435 g/mol. The zero-order valence-corrected chi connectivity index (χ0v) is 18.2. The highest BCUT2D eigenvalue weighted by molar-refractivity contribution is 7.13. The number of hydrogen-bond donors (Lipinski definition) is 3. The molecule has 2 atom stereocenters. The Balaban J connectivity index is 1.74. The topological polar surface area (TPSA) is 102 Å². The predicted octanol–water partition coefficient (Wildman–Crippen LogP) is 3.82. The van der Waals surface area contributed by atoms with Crippen LogP contribution in [0.3, 0.4) is 0 Å². The van der Waals surface area contributed by atoms with Crippen molar-refractivity contribution in [1.29, 1.82) is 0 Å². The van der Waals surface area contributed by atoms with E-state index in [1.165, 1.54) is 11.3 Å². The van der Waals surface area contributed by atoms with Crippen molar-refractivity contribution in [3.63, 3.8) is 0 Å². The van der Waals surface area contributed by atoms with Crippen LogP contribution in [0.25, 0.3) is 0 Å². The standard InChI is InChI=1S/C24H22N2O4S/c1-12(2)14-8-9-15-18(11-14)30-24(29)16-5-4-6-17(25)20(16)21(27)23(15,24)26-22(28)19-10-7-13(3)31-19/h4-12,29H,25H2,1-3H3,(H,26,28). The molecule has 31 heavy (non-hydrogen) atoms. The first-order chi connectivity index (χ1) is 14.7. The molecule has 0 spiro atoms. The van der Waals surface area contributed by atoms with Gasteiger partial charge < -0.3 is 20.9 Å². The van der Waals surface area contributed by atoms with Crippen molar-refractivity contribution in [3.8, 4) is 5.75 Å². The number of ether oxygens (including phenoxy) is 1. The number of carbonyl (C=O) groups is 2. The number of carbonyl (C=O) groups excluding carboxylic acids is 2. The smallest absolute Gasteiger partial charge is 0.271 e. The highest BCUT2D eigenvalue weighted by atomic mass is 32.1. The SMILES string of the molecule is Cc1ccc(C(=O)NC23C(=O)c4c(N)cccc4C2(O)Oc2cc(C(C)C)ccc23)s1. The molecule has 0 saturated heterocycles. The minimum Gasteiger partial charge on any atom is -0.454 e.